The van der Waals surface area contributed by atoms with Gasteiger partial charge in [0.15, 0.2) is 0 Å². The zero-order valence-corrected chi connectivity index (χ0v) is 9.91. The Morgan fingerprint density at radius 3 is 2.75 bits per heavy atom. The predicted molar refractivity (Wildman–Crippen MR) is 58.9 cm³/mol. The van der Waals surface area contributed by atoms with Gasteiger partial charge in [0, 0.05) is 18.6 Å². The van der Waals surface area contributed by atoms with Crippen LogP contribution < -0.4 is 5.32 Å². The summed E-state index contributed by atoms with van der Waals surface area (Å²) in [6.07, 6.45) is 0.824. The summed E-state index contributed by atoms with van der Waals surface area (Å²) >= 11 is 0. The second-order valence-corrected chi connectivity index (χ2v) is 3.85. The first kappa shape index (κ1) is 12.7. The quantitative estimate of drug-likeness (QED) is 0.792. The highest BCUT2D eigenvalue weighted by Gasteiger charge is 2.17. The summed E-state index contributed by atoms with van der Waals surface area (Å²) in [4.78, 5) is 11.5. The molecule has 0 aromatic carbocycles. The third kappa shape index (κ3) is 3.06. The number of aryl methyl sites for hydroxylation is 2. The first-order chi connectivity index (χ1) is 7.56. The smallest absolute Gasteiger partial charge is 0.220 e. The molecule has 16 heavy (non-hydrogen) atoms. The van der Waals surface area contributed by atoms with Gasteiger partial charge in [-0.2, -0.15) is 0 Å². The van der Waals surface area contributed by atoms with Gasteiger partial charge in [-0.05, 0) is 27.2 Å². The molecule has 1 aromatic rings. The Morgan fingerprint density at radius 2 is 2.25 bits per heavy atom. The third-order valence-electron chi connectivity index (χ3n) is 2.46. The summed E-state index contributed by atoms with van der Waals surface area (Å²) in [6.45, 7) is 5.60. The molecule has 1 amide bonds. The largest absolute Gasteiger partial charge is 0.396 e. The molecule has 1 rings (SSSR count). The standard InChI is InChI=1S/C11H18N2O3/c1-7(12-10(15)5-4-6-14)11-8(2)13-16-9(11)3/h7,14H,4-6H2,1-3H3,(H,12,15). The van der Waals surface area contributed by atoms with E-state index in [1.54, 1.807) is 0 Å². The van der Waals surface area contributed by atoms with Crippen LogP contribution in [0.25, 0.3) is 0 Å². The van der Waals surface area contributed by atoms with E-state index in [1.165, 1.54) is 0 Å². The molecule has 5 nitrogen and oxygen atoms in total. The van der Waals surface area contributed by atoms with Crippen LogP contribution in [0.3, 0.4) is 0 Å². The van der Waals surface area contributed by atoms with Crippen LogP contribution in [0.4, 0.5) is 0 Å². The number of nitrogens with zero attached hydrogens (tertiary/aromatic N) is 1. The average molecular weight is 226 g/mol. The van der Waals surface area contributed by atoms with E-state index in [2.05, 4.69) is 10.5 Å². The van der Waals surface area contributed by atoms with Crippen LogP contribution in [0.2, 0.25) is 0 Å². The van der Waals surface area contributed by atoms with Gasteiger partial charge in [-0.3, -0.25) is 4.79 Å². The highest BCUT2D eigenvalue weighted by Crippen LogP contribution is 2.20. The van der Waals surface area contributed by atoms with Crippen molar-refractivity contribution in [2.75, 3.05) is 6.61 Å². The molecule has 2 N–H and O–H groups in total. The van der Waals surface area contributed by atoms with E-state index >= 15 is 0 Å². The van der Waals surface area contributed by atoms with E-state index in [9.17, 15) is 4.79 Å². The minimum atomic E-state index is -0.113. The summed E-state index contributed by atoms with van der Waals surface area (Å²) in [6, 6.07) is -0.113. The molecule has 5 heteroatoms. The van der Waals surface area contributed by atoms with Gasteiger partial charge in [-0.25, -0.2) is 0 Å². The topological polar surface area (TPSA) is 75.4 Å². The van der Waals surface area contributed by atoms with Crippen LogP contribution in [-0.4, -0.2) is 22.8 Å². The number of hydrogen-bond donors (Lipinski definition) is 2. The molecular formula is C11H18N2O3. The maximum absolute atomic E-state index is 11.5. The van der Waals surface area contributed by atoms with Crippen LogP contribution in [0.1, 0.15) is 42.8 Å². The van der Waals surface area contributed by atoms with E-state index in [-0.39, 0.29) is 18.6 Å². The maximum Gasteiger partial charge on any atom is 0.220 e. The number of carbonyl (C=O) groups is 1. The summed E-state index contributed by atoms with van der Waals surface area (Å²) < 4.78 is 5.04. The number of aromatic nitrogens is 1. The molecule has 0 saturated carbocycles. The second-order valence-electron chi connectivity index (χ2n) is 3.85. The second kappa shape index (κ2) is 5.65. The van der Waals surface area contributed by atoms with Crippen molar-refractivity contribution < 1.29 is 14.4 Å². The Balaban J connectivity index is 2.58. The van der Waals surface area contributed by atoms with Gasteiger partial charge in [-0.1, -0.05) is 5.16 Å². The van der Waals surface area contributed by atoms with E-state index in [1.807, 2.05) is 20.8 Å². The lowest BCUT2D eigenvalue weighted by atomic mass is 10.1. The molecule has 0 aliphatic carbocycles. The van der Waals surface area contributed by atoms with Gasteiger partial charge in [0.25, 0.3) is 0 Å². The summed E-state index contributed by atoms with van der Waals surface area (Å²) in [7, 11) is 0. The van der Waals surface area contributed by atoms with Gasteiger partial charge < -0.3 is 14.9 Å². The number of carbonyl (C=O) groups excluding carboxylic acids is 1. The average Bonchev–Trinajstić information content (AvgIpc) is 2.55. The molecule has 0 aliphatic heterocycles. The minimum Gasteiger partial charge on any atom is -0.396 e. The van der Waals surface area contributed by atoms with Crippen molar-refractivity contribution in [3.05, 3.63) is 17.0 Å². The van der Waals surface area contributed by atoms with E-state index in [4.69, 9.17) is 9.63 Å². The van der Waals surface area contributed by atoms with Crippen LogP contribution in [0, 0.1) is 13.8 Å². The summed E-state index contributed by atoms with van der Waals surface area (Å²) in [5, 5.41) is 15.3. The fourth-order valence-electron chi connectivity index (χ4n) is 1.73. The van der Waals surface area contributed by atoms with Crippen molar-refractivity contribution in [1.29, 1.82) is 0 Å². The Kier molecular flexibility index (Phi) is 4.49. The van der Waals surface area contributed by atoms with Crippen LogP contribution in [0.5, 0.6) is 0 Å². The Labute approximate surface area is 94.8 Å². The van der Waals surface area contributed by atoms with Crippen molar-refractivity contribution >= 4 is 5.91 Å². The molecule has 0 spiro atoms. The number of aliphatic hydroxyl groups is 1. The fraction of sp³-hybridized carbons (Fsp3) is 0.636. The number of hydrogen-bond acceptors (Lipinski definition) is 4. The first-order valence-corrected chi connectivity index (χ1v) is 5.39. The predicted octanol–water partition coefficient (Wildman–Crippen LogP) is 1.24. The van der Waals surface area contributed by atoms with Gasteiger partial charge in [0.2, 0.25) is 5.91 Å². The molecule has 90 valence electrons. The molecule has 0 aliphatic rings. The number of rotatable bonds is 5. The Morgan fingerprint density at radius 1 is 1.56 bits per heavy atom. The number of nitrogens with one attached hydrogen (secondary N) is 1. The molecule has 1 heterocycles. The van der Waals surface area contributed by atoms with E-state index in [0.717, 1.165) is 17.0 Å². The highest BCUT2D eigenvalue weighted by molar-refractivity contribution is 5.76. The van der Waals surface area contributed by atoms with Crippen molar-refractivity contribution in [2.24, 2.45) is 0 Å². The molecular weight excluding hydrogens is 208 g/mol. The lowest BCUT2D eigenvalue weighted by Gasteiger charge is -2.13. The Bertz CT molecular complexity index is 341. The SMILES string of the molecule is Cc1noc(C)c1C(C)NC(=O)CCCO. The normalized spacial score (nSPS) is 12.5. The molecule has 0 radical (unpaired) electrons. The van der Waals surface area contributed by atoms with Crippen LogP contribution in [0.15, 0.2) is 4.52 Å². The van der Waals surface area contributed by atoms with Crippen molar-refractivity contribution in [1.82, 2.24) is 10.5 Å². The molecule has 0 bridgehead atoms. The fourth-order valence-corrected chi connectivity index (χ4v) is 1.73. The molecule has 1 unspecified atom stereocenters. The van der Waals surface area contributed by atoms with Crippen molar-refractivity contribution in [2.45, 2.75) is 39.7 Å². The van der Waals surface area contributed by atoms with Gasteiger partial charge >= 0.3 is 0 Å². The lowest BCUT2D eigenvalue weighted by Crippen LogP contribution is -2.27. The number of amides is 1. The molecule has 0 saturated heterocycles. The monoisotopic (exact) mass is 226 g/mol. The van der Waals surface area contributed by atoms with E-state index < -0.39 is 0 Å². The van der Waals surface area contributed by atoms with E-state index in [0.29, 0.717) is 12.8 Å². The molecule has 1 atom stereocenters. The highest BCUT2D eigenvalue weighted by atomic mass is 16.5. The minimum absolute atomic E-state index is 0.0348. The molecule has 1 aromatic heterocycles. The third-order valence-corrected chi connectivity index (χ3v) is 2.46. The van der Waals surface area contributed by atoms with Crippen LogP contribution in [-0.2, 0) is 4.79 Å². The zero-order valence-electron chi connectivity index (χ0n) is 9.91. The lowest BCUT2D eigenvalue weighted by molar-refractivity contribution is -0.122. The summed E-state index contributed by atoms with van der Waals surface area (Å²) in [5.41, 5.74) is 1.73. The van der Waals surface area contributed by atoms with Crippen molar-refractivity contribution in [3.63, 3.8) is 0 Å². The van der Waals surface area contributed by atoms with Gasteiger partial charge in [0.05, 0.1) is 11.7 Å². The van der Waals surface area contributed by atoms with Gasteiger partial charge in [0.1, 0.15) is 5.76 Å². The maximum atomic E-state index is 11.5. The first-order valence-electron chi connectivity index (χ1n) is 5.39. The number of aliphatic hydroxyl groups excluding tert-OH is 1. The van der Waals surface area contributed by atoms with Crippen LogP contribution >= 0.6 is 0 Å². The van der Waals surface area contributed by atoms with Crippen molar-refractivity contribution in [3.8, 4) is 0 Å². The van der Waals surface area contributed by atoms with Gasteiger partial charge in [-0.15, -0.1) is 0 Å². The Hall–Kier alpha value is -1.36. The summed E-state index contributed by atoms with van der Waals surface area (Å²) in [5.74, 6) is 0.661. The zero-order chi connectivity index (χ0) is 12.1. The molecule has 0 fully saturated rings.